The summed E-state index contributed by atoms with van der Waals surface area (Å²) in [6.45, 7) is 0. The molecule has 0 fully saturated rings. The highest BCUT2D eigenvalue weighted by atomic mass is 16.4. The van der Waals surface area contributed by atoms with Crippen LogP contribution in [0.2, 0.25) is 0 Å². The topological polar surface area (TPSA) is 118 Å². The zero-order valence-electron chi connectivity index (χ0n) is 7.53. The lowest BCUT2D eigenvalue weighted by Crippen LogP contribution is -2.27. The number of aliphatic hydroxyl groups excluding tert-OH is 2. The van der Waals surface area contributed by atoms with Gasteiger partial charge in [-0.1, -0.05) is 0 Å². The molecule has 0 aliphatic rings. The van der Waals surface area contributed by atoms with Crippen molar-refractivity contribution in [2.75, 3.05) is 0 Å². The molecule has 0 amide bonds. The molecular weight excluding hydrogens is 204 g/mol. The number of carboxylic acids is 1. The van der Waals surface area contributed by atoms with Gasteiger partial charge < -0.3 is 25.5 Å². The van der Waals surface area contributed by atoms with Crippen LogP contribution in [0.25, 0.3) is 0 Å². The molecule has 0 saturated heterocycles. The lowest BCUT2D eigenvalue weighted by molar-refractivity contribution is -0.153. The van der Waals surface area contributed by atoms with E-state index in [-0.39, 0.29) is 11.3 Å². The van der Waals surface area contributed by atoms with Crippen LogP contribution in [0.3, 0.4) is 0 Å². The number of aliphatic carboxylic acids is 1. The Morgan fingerprint density at radius 3 is 2.27 bits per heavy atom. The largest absolute Gasteiger partial charge is 0.508 e. The van der Waals surface area contributed by atoms with Gasteiger partial charge in [-0.25, -0.2) is 4.79 Å². The molecule has 0 aliphatic heterocycles. The van der Waals surface area contributed by atoms with E-state index >= 15 is 0 Å². The fourth-order valence-electron chi connectivity index (χ4n) is 1.09. The number of hydrogen-bond acceptors (Lipinski definition) is 5. The number of phenols is 2. The lowest BCUT2D eigenvalue weighted by Gasteiger charge is -2.15. The summed E-state index contributed by atoms with van der Waals surface area (Å²) in [4.78, 5) is 10.4. The molecule has 0 saturated carbocycles. The molecule has 1 rings (SSSR count). The summed E-state index contributed by atoms with van der Waals surface area (Å²) in [5.41, 5.74) is -0.164. The number of carboxylic acid groups (broad SMARTS) is 1. The third kappa shape index (κ3) is 2.36. The van der Waals surface area contributed by atoms with Gasteiger partial charge in [0.1, 0.15) is 17.6 Å². The van der Waals surface area contributed by atoms with Crippen molar-refractivity contribution in [1.82, 2.24) is 0 Å². The van der Waals surface area contributed by atoms with E-state index in [0.717, 1.165) is 18.2 Å². The molecule has 0 aliphatic carbocycles. The van der Waals surface area contributed by atoms with Gasteiger partial charge in [-0.05, 0) is 12.1 Å². The Balaban J connectivity index is 3.01. The lowest BCUT2D eigenvalue weighted by atomic mass is 10.0. The maximum absolute atomic E-state index is 10.4. The van der Waals surface area contributed by atoms with Crippen molar-refractivity contribution in [3.8, 4) is 11.5 Å². The summed E-state index contributed by atoms with van der Waals surface area (Å²) in [7, 11) is 0. The van der Waals surface area contributed by atoms with Crippen LogP contribution >= 0.6 is 0 Å². The fraction of sp³-hybridized carbons (Fsp3) is 0.222. The third-order valence-electron chi connectivity index (χ3n) is 1.88. The predicted octanol–water partition coefficient (Wildman–Crippen LogP) is -0.423. The minimum Gasteiger partial charge on any atom is -0.508 e. The number of benzene rings is 1. The molecule has 15 heavy (non-hydrogen) atoms. The minimum atomic E-state index is -2.03. The zero-order valence-corrected chi connectivity index (χ0v) is 7.53. The highest BCUT2D eigenvalue weighted by Crippen LogP contribution is 2.29. The number of phenolic OH excluding ortho intramolecular Hbond substituents is 2. The van der Waals surface area contributed by atoms with E-state index in [1.165, 1.54) is 0 Å². The zero-order chi connectivity index (χ0) is 11.6. The highest BCUT2D eigenvalue weighted by Gasteiger charge is 2.27. The second kappa shape index (κ2) is 4.16. The molecule has 0 radical (unpaired) electrons. The van der Waals surface area contributed by atoms with E-state index in [0.29, 0.717) is 0 Å². The van der Waals surface area contributed by atoms with E-state index in [1.54, 1.807) is 0 Å². The smallest absolute Gasteiger partial charge is 0.335 e. The fourth-order valence-corrected chi connectivity index (χ4v) is 1.09. The Hall–Kier alpha value is -1.79. The molecule has 2 atom stereocenters. The molecule has 0 bridgehead atoms. The Kier molecular flexibility index (Phi) is 3.13. The van der Waals surface area contributed by atoms with E-state index in [9.17, 15) is 15.0 Å². The molecule has 5 N–H and O–H groups in total. The average molecular weight is 214 g/mol. The van der Waals surface area contributed by atoms with Crippen LogP contribution in [0.15, 0.2) is 18.2 Å². The number of rotatable bonds is 3. The monoisotopic (exact) mass is 214 g/mol. The molecule has 6 nitrogen and oxygen atoms in total. The van der Waals surface area contributed by atoms with Crippen LogP contribution in [-0.4, -0.2) is 37.6 Å². The van der Waals surface area contributed by atoms with Crippen molar-refractivity contribution in [1.29, 1.82) is 0 Å². The van der Waals surface area contributed by atoms with Crippen molar-refractivity contribution >= 4 is 5.97 Å². The summed E-state index contributed by atoms with van der Waals surface area (Å²) in [5, 5.41) is 45.0. The number of aliphatic hydroxyl groups is 2. The molecule has 6 heteroatoms. The molecule has 0 heterocycles. The Bertz CT molecular complexity index is 375. The first-order chi connectivity index (χ1) is 6.93. The van der Waals surface area contributed by atoms with Gasteiger partial charge in [0.15, 0.2) is 6.10 Å². The second-order valence-corrected chi connectivity index (χ2v) is 2.97. The minimum absolute atomic E-state index is 0.164. The Morgan fingerprint density at radius 2 is 1.80 bits per heavy atom. The van der Waals surface area contributed by atoms with Gasteiger partial charge in [0.2, 0.25) is 0 Å². The van der Waals surface area contributed by atoms with Gasteiger partial charge >= 0.3 is 5.97 Å². The molecule has 0 aromatic heterocycles. The SMILES string of the molecule is O=C(O)C(O)C(O)c1ccc(O)cc1O. The van der Waals surface area contributed by atoms with Crippen molar-refractivity contribution < 1.29 is 30.3 Å². The van der Waals surface area contributed by atoms with Gasteiger partial charge in [0, 0.05) is 11.6 Å². The molecule has 82 valence electrons. The predicted molar refractivity (Wildman–Crippen MR) is 48.4 cm³/mol. The molecular formula is C9H10O6. The van der Waals surface area contributed by atoms with Crippen LogP contribution in [0.4, 0.5) is 0 Å². The average Bonchev–Trinajstić information content (AvgIpc) is 2.15. The first kappa shape index (κ1) is 11.3. The molecule has 1 aromatic carbocycles. The summed E-state index contributed by atoms with van der Waals surface area (Å²) in [6.07, 6.45) is -3.77. The molecule has 0 spiro atoms. The number of hydrogen-bond donors (Lipinski definition) is 5. The Morgan fingerprint density at radius 1 is 1.20 bits per heavy atom. The number of aromatic hydroxyl groups is 2. The van der Waals surface area contributed by atoms with Gasteiger partial charge in [0.25, 0.3) is 0 Å². The van der Waals surface area contributed by atoms with Gasteiger partial charge in [-0.15, -0.1) is 0 Å². The van der Waals surface area contributed by atoms with Crippen molar-refractivity contribution in [2.45, 2.75) is 12.2 Å². The number of carbonyl (C=O) groups is 1. The summed E-state index contributed by atoms with van der Waals surface area (Å²) >= 11 is 0. The van der Waals surface area contributed by atoms with Gasteiger partial charge in [0.05, 0.1) is 0 Å². The van der Waals surface area contributed by atoms with Crippen molar-refractivity contribution in [3.05, 3.63) is 23.8 Å². The van der Waals surface area contributed by atoms with Crippen LogP contribution in [0.5, 0.6) is 11.5 Å². The first-order valence-corrected chi connectivity index (χ1v) is 4.04. The maximum Gasteiger partial charge on any atom is 0.335 e. The van der Waals surface area contributed by atoms with Crippen molar-refractivity contribution in [3.63, 3.8) is 0 Å². The van der Waals surface area contributed by atoms with Gasteiger partial charge in [-0.2, -0.15) is 0 Å². The van der Waals surface area contributed by atoms with E-state index < -0.39 is 23.9 Å². The summed E-state index contributed by atoms with van der Waals surface area (Å²) in [5.74, 6) is -2.31. The summed E-state index contributed by atoms with van der Waals surface area (Å²) in [6, 6.07) is 3.22. The van der Waals surface area contributed by atoms with Crippen LogP contribution < -0.4 is 0 Å². The van der Waals surface area contributed by atoms with Crippen LogP contribution in [-0.2, 0) is 4.79 Å². The van der Waals surface area contributed by atoms with E-state index in [4.69, 9.17) is 15.3 Å². The van der Waals surface area contributed by atoms with Crippen LogP contribution in [0.1, 0.15) is 11.7 Å². The van der Waals surface area contributed by atoms with Crippen molar-refractivity contribution in [2.24, 2.45) is 0 Å². The third-order valence-corrected chi connectivity index (χ3v) is 1.88. The highest BCUT2D eigenvalue weighted by molar-refractivity contribution is 5.73. The van der Waals surface area contributed by atoms with Gasteiger partial charge in [-0.3, -0.25) is 0 Å². The maximum atomic E-state index is 10.4. The van der Waals surface area contributed by atoms with E-state index in [1.807, 2.05) is 0 Å². The standard InChI is InChI=1S/C9H10O6/c10-4-1-2-5(6(11)3-4)7(12)8(13)9(14)15/h1-3,7-8,10-13H,(H,14,15). The molecule has 2 unspecified atom stereocenters. The molecule has 1 aromatic rings. The van der Waals surface area contributed by atoms with Crippen LogP contribution in [0, 0.1) is 0 Å². The normalized spacial score (nSPS) is 14.5. The Labute approximate surface area is 84.7 Å². The first-order valence-electron chi connectivity index (χ1n) is 4.04. The quantitative estimate of drug-likeness (QED) is 0.466. The second-order valence-electron chi connectivity index (χ2n) is 2.97. The summed E-state index contributed by atoms with van der Waals surface area (Å²) < 4.78 is 0. The van der Waals surface area contributed by atoms with E-state index in [2.05, 4.69) is 0 Å².